The van der Waals surface area contributed by atoms with Crippen LogP contribution in [0.1, 0.15) is 41.0 Å². The molecule has 0 aromatic carbocycles. The van der Waals surface area contributed by atoms with Crippen LogP contribution in [-0.4, -0.2) is 16.6 Å². The minimum atomic E-state index is -4.58. The number of ketones is 2. The molecule has 0 bridgehead atoms. The SMILES string of the molecule is Cc1nc(C(F)(F)F)ccc1C(=O)C1=C(Cl)CCCC1=O. The Morgan fingerprint density at radius 3 is 2.48 bits per heavy atom. The molecule has 1 aliphatic rings. The summed E-state index contributed by atoms with van der Waals surface area (Å²) in [5.74, 6) is -1.04. The monoisotopic (exact) mass is 317 g/mol. The zero-order chi connectivity index (χ0) is 15.8. The summed E-state index contributed by atoms with van der Waals surface area (Å²) in [6.45, 7) is 1.30. The van der Waals surface area contributed by atoms with Gasteiger partial charge in [-0.15, -0.1) is 0 Å². The molecule has 0 fully saturated rings. The molecular weight excluding hydrogens is 307 g/mol. The summed E-state index contributed by atoms with van der Waals surface area (Å²) in [5, 5.41) is 0.163. The minimum Gasteiger partial charge on any atom is -0.294 e. The van der Waals surface area contributed by atoms with Crippen LogP contribution in [0.3, 0.4) is 0 Å². The Labute approximate surface area is 123 Å². The second-order valence-electron chi connectivity index (χ2n) is 4.71. The van der Waals surface area contributed by atoms with Crippen molar-refractivity contribution in [1.29, 1.82) is 0 Å². The summed E-state index contributed by atoms with van der Waals surface area (Å²) >= 11 is 5.92. The van der Waals surface area contributed by atoms with Crippen LogP contribution in [0, 0.1) is 6.92 Å². The number of Topliss-reactive ketones (excluding diaryl/α,β-unsaturated/α-hetero) is 2. The number of rotatable bonds is 2. The predicted octanol–water partition coefficient (Wildman–Crippen LogP) is 3.84. The van der Waals surface area contributed by atoms with Crippen molar-refractivity contribution in [3.8, 4) is 0 Å². The summed E-state index contributed by atoms with van der Waals surface area (Å²) in [6, 6.07) is 1.76. The van der Waals surface area contributed by atoms with Gasteiger partial charge in [-0.05, 0) is 31.9 Å². The van der Waals surface area contributed by atoms with E-state index in [4.69, 9.17) is 11.6 Å². The molecule has 7 heteroatoms. The quantitative estimate of drug-likeness (QED) is 0.615. The lowest BCUT2D eigenvalue weighted by atomic mass is 9.91. The number of hydrogen-bond acceptors (Lipinski definition) is 3. The predicted molar refractivity (Wildman–Crippen MR) is 70.0 cm³/mol. The molecule has 0 unspecified atom stereocenters. The van der Waals surface area contributed by atoms with Gasteiger partial charge in [-0.3, -0.25) is 9.59 Å². The van der Waals surface area contributed by atoms with E-state index in [1.165, 1.54) is 6.92 Å². The van der Waals surface area contributed by atoms with E-state index in [-0.39, 0.29) is 34.1 Å². The van der Waals surface area contributed by atoms with E-state index >= 15 is 0 Å². The molecule has 0 atom stereocenters. The molecule has 1 aliphatic carbocycles. The van der Waals surface area contributed by atoms with E-state index in [0.29, 0.717) is 12.8 Å². The molecule has 0 saturated carbocycles. The van der Waals surface area contributed by atoms with Crippen molar-refractivity contribution in [2.45, 2.75) is 32.4 Å². The van der Waals surface area contributed by atoms with E-state index in [9.17, 15) is 22.8 Å². The van der Waals surface area contributed by atoms with Crippen LogP contribution in [0.4, 0.5) is 13.2 Å². The molecule has 1 aromatic heterocycles. The van der Waals surface area contributed by atoms with E-state index in [1.54, 1.807) is 0 Å². The molecular formula is C14H11ClF3NO2. The first-order chi connectivity index (χ1) is 9.71. The standard InChI is InChI=1S/C14H11ClF3NO2/c1-7-8(5-6-11(19-7)14(16,17)18)13(21)12-9(15)3-2-4-10(12)20/h5-6H,2-4H2,1H3. The topological polar surface area (TPSA) is 47.0 Å². The lowest BCUT2D eigenvalue weighted by molar-refractivity contribution is -0.141. The van der Waals surface area contributed by atoms with E-state index in [0.717, 1.165) is 12.1 Å². The number of alkyl halides is 3. The van der Waals surface area contributed by atoms with Crippen LogP contribution in [0.2, 0.25) is 0 Å². The van der Waals surface area contributed by atoms with Gasteiger partial charge in [0.25, 0.3) is 0 Å². The molecule has 2 rings (SSSR count). The molecule has 1 heterocycles. The number of pyridine rings is 1. The number of hydrogen-bond donors (Lipinski definition) is 0. The Morgan fingerprint density at radius 2 is 1.95 bits per heavy atom. The fourth-order valence-electron chi connectivity index (χ4n) is 2.15. The van der Waals surface area contributed by atoms with Crippen molar-refractivity contribution in [2.75, 3.05) is 0 Å². The summed E-state index contributed by atoms with van der Waals surface area (Å²) < 4.78 is 37.6. The number of allylic oxidation sites excluding steroid dienone is 2. The highest BCUT2D eigenvalue weighted by molar-refractivity contribution is 6.39. The number of aryl methyl sites for hydroxylation is 1. The number of aromatic nitrogens is 1. The molecule has 112 valence electrons. The van der Waals surface area contributed by atoms with Gasteiger partial charge >= 0.3 is 6.18 Å². The normalized spacial score (nSPS) is 16.3. The number of halogens is 4. The van der Waals surface area contributed by atoms with Gasteiger partial charge in [0.15, 0.2) is 11.6 Å². The lowest BCUT2D eigenvalue weighted by Crippen LogP contribution is -2.20. The molecule has 3 nitrogen and oxygen atoms in total. The molecule has 0 radical (unpaired) electrons. The van der Waals surface area contributed by atoms with Crippen molar-refractivity contribution in [2.24, 2.45) is 0 Å². The summed E-state index contributed by atoms with van der Waals surface area (Å²) in [7, 11) is 0. The Bertz CT molecular complexity index is 650. The van der Waals surface area contributed by atoms with Crippen molar-refractivity contribution in [3.63, 3.8) is 0 Å². The van der Waals surface area contributed by atoms with Crippen molar-refractivity contribution >= 4 is 23.2 Å². The van der Waals surface area contributed by atoms with Crippen LogP contribution in [0.25, 0.3) is 0 Å². The van der Waals surface area contributed by atoms with Gasteiger partial charge < -0.3 is 0 Å². The molecule has 0 N–H and O–H groups in total. The highest BCUT2D eigenvalue weighted by Crippen LogP contribution is 2.31. The second kappa shape index (κ2) is 5.60. The van der Waals surface area contributed by atoms with Gasteiger partial charge in [-0.25, -0.2) is 4.98 Å². The van der Waals surface area contributed by atoms with Crippen LogP contribution in [0.15, 0.2) is 22.7 Å². The minimum absolute atomic E-state index is 0.0357. The van der Waals surface area contributed by atoms with Gasteiger partial charge in [-0.2, -0.15) is 13.2 Å². The average Bonchev–Trinajstić information content (AvgIpc) is 2.37. The second-order valence-corrected chi connectivity index (χ2v) is 5.17. The Hall–Kier alpha value is -1.69. The third-order valence-corrected chi connectivity index (χ3v) is 3.58. The molecule has 0 spiro atoms. The van der Waals surface area contributed by atoms with Crippen LogP contribution < -0.4 is 0 Å². The highest BCUT2D eigenvalue weighted by atomic mass is 35.5. The van der Waals surface area contributed by atoms with Crippen LogP contribution in [-0.2, 0) is 11.0 Å². The van der Waals surface area contributed by atoms with Crippen LogP contribution >= 0.6 is 11.6 Å². The third kappa shape index (κ3) is 3.15. The maximum absolute atomic E-state index is 12.5. The smallest absolute Gasteiger partial charge is 0.294 e. The number of carbonyl (C=O) groups is 2. The first-order valence-electron chi connectivity index (χ1n) is 6.23. The van der Waals surface area contributed by atoms with E-state index in [2.05, 4.69) is 4.98 Å². The van der Waals surface area contributed by atoms with Crippen LogP contribution in [0.5, 0.6) is 0 Å². The summed E-state index contributed by atoms with van der Waals surface area (Å²) in [4.78, 5) is 27.5. The van der Waals surface area contributed by atoms with Crippen molar-refractivity contribution in [3.05, 3.63) is 39.7 Å². The number of carbonyl (C=O) groups excluding carboxylic acids is 2. The summed E-state index contributed by atoms with van der Waals surface area (Å²) in [5.41, 5.74) is -1.32. The zero-order valence-corrected chi connectivity index (χ0v) is 11.8. The average molecular weight is 318 g/mol. The highest BCUT2D eigenvalue weighted by Gasteiger charge is 2.34. The maximum Gasteiger partial charge on any atom is 0.433 e. The molecule has 0 amide bonds. The first kappa shape index (κ1) is 15.7. The molecule has 1 aromatic rings. The maximum atomic E-state index is 12.5. The van der Waals surface area contributed by atoms with E-state index < -0.39 is 17.7 Å². The van der Waals surface area contributed by atoms with Gasteiger partial charge in [0.05, 0.1) is 5.57 Å². The van der Waals surface area contributed by atoms with Gasteiger partial charge in [0.2, 0.25) is 0 Å². The van der Waals surface area contributed by atoms with Gasteiger partial charge in [0, 0.05) is 22.7 Å². The third-order valence-electron chi connectivity index (χ3n) is 3.20. The van der Waals surface area contributed by atoms with Crippen molar-refractivity contribution in [1.82, 2.24) is 4.98 Å². The summed E-state index contributed by atoms with van der Waals surface area (Å²) in [6.07, 6.45) is -3.38. The Balaban J connectivity index is 2.43. The fraction of sp³-hybridized carbons (Fsp3) is 0.357. The largest absolute Gasteiger partial charge is 0.433 e. The lowest BCUT2D eigenvalue weighted by Gasteiger charge is -2.15. The number of nitrogens with zero attached hydrogens (tertiary/aromatic N) is 1. The molecule has 0 aliphatic heterocycles. The first-order valence-corrected chi connectivity index (χ1v) is 6.61. The molecule has 0 saturated heterocycles. The zero-order valence-electron chi connectivity index (χ0n) is 11.1. The van der Waals surface area contributed by atoms with Gasteiger partial charge in [0.1, 0.15) is 5.69 Å². The fourth-order valence-corrected chi connectivity index (χ4v) is 2.47. The van der Waals surface area contributed by atoms with E-state index in [1.807, 2.05) is 0 Å². The Morgan fingerprint density at radius 1 is 1.29 bits per heavy atom. The molecule has 21 heavy (non-hydrogen) atoms. The van der Waals surface area contributed by atoms with Gasteiger partial charge in [-0.1, -0.05) is 11.6 Å². The Kier molecular flexibility index (Phi) is 4.18. The van der Waals surface area contributed by atoms with Crippen molar-refractivity contribution < 1.29 is 22.8 Å².